The summed E-state index contributed by atoms with van der Waals surface area (Å²) < 4.78 is 10.8. The second-order valence-corrected chi connectivity index (χ2v) is 6.69. The molecule has 1 amide bonds. The lowest BCUT2D eigenvalue weighted by Gasteiger charge is -2.31. The minimum absolute atomic E-state index is 0.00699. The molecule has 1 N–H and O–H groups in total. The topological polar surface area (TPSA) is 97.2 Å². The third-order valence-corrected chi connectivity index (χ3v) is 4.81. The Hall–Kier alpha value is -2.49. The van der Waals surface area contributed by atoms with E-state index in [2.05, 4.69) is 10.2 Å². The Labute approximate surface area is 164 Å². The fourth-order valence-electron chi connectivity index (χ4n) is 3.24. The van der Waals surface area contributed by atoms with Crippen LogP contribution in [0.1, 0.15) is 6.42 Å². The van der Waals surface area contributed by atoms with Gasteiger partial charge in [0.25, 0.3) is 11.6 Å². The number of hydrogen-bond donors (Lipinski definition) is 1. The highest BCUT2D eigenvalue weighted by Crippen LogP contribution is 2.18. The van der Waals surface area contributed by atoms with Gasteiger partial charge >= 0.3 is 0 Å². The predicted octanol–water partition coefficient (Wildman–Crippen LogP) is 1.47. The highest BCUT2D eigenvalue weighted by molar-refractivity contribution is 6.03. The van der Waals surface area contributed by atoms with E-state index in [1.807, 2.05) is 11.0 Å². The van der Waals surface area contributed by atoms with Crippen molar-refractivity contribution >= 4 is 17.3 Å². The number of rotatable bonds is 7. The standard InChI is InChI=1S/C19H26N4O5/c24-19(20-16-3-5-17(6-4-16)23(25)26)18(22-10-14-28-15-11-22)2-1-7-21-8-12-27-13-9-21/h2-6H,1,7-15H2,(H,20,24)/b18-2+. The first-order valence-electron chi connectivity index (χ1n) is 9.52. The van der Waals surface area contributed by atoms with Crippen molar-refractivity contribution in [3.63, 3.8) is 0 Å². The van der Waals surface area contributed by atoms with Crippen molar-refractivity contribution in [2.24, 2.45) is 0 Å². The van der Waals surface area contributed by atoms with Gasteiger partial charge in [0.1, 0.15) is 0 Å². The second-order valence-electron chi connectivity index (χ2n) is 6.69. The SMILES string of the molecule is O=C(Nc1ccc([N+](=O)[O-])cc1)/C(=C\CCN1CCOCC1)N1CCOCC1. The molecule has 2 heterocycles. The van der Waals surface area contributed by atoms with E-state index in [0.29, 0.717) is 37.7 Å². The molecule has 0 unspecified atom stereocenters. The summed E-state index contributed by atoms with van der Waals surface area (Å²) in [6.45, 7) is 6.71. The van der Waals surface area contributed by atoms with Crippen molar-refractivity contribution in [1.29, 1.82) is 0 Å². The van der Waals surface area contributed by atoms with Crippen LogP contribution in [0.3, 0.4) is 0 Å². The first-order chi connectivity index (χ1) is 13.6. The van der Waals surface area contributed by atoms with Gasteiger partial charge in [-0.25, -0.2) is 0 Å². The summed E-state index contributed by atoms with van der Waals surface area (Å²) in [7, 11) is 0. The maximum absolute atomic E-state index is 12.9. The number of nitro groups is 1. The van der Waals surface area contributed by atoms with Gasteiger partial charge in [-0.3, -0.25) is 19.8 Å². The third-order valence-electron chi connectivity index (χ3n) is 4.81. The maximum Gasteiger partial charge on any atom is 0.271 e. The number of amides is 1. The molecule has 0 saturated carbocycles. The first kappa shape index (κ1) is 20.2. The lowest BCUT2D eigenvalue weighted by atomic mass is 10.2. The number of morpholine rings is 2. The molecule has 0 bridgehead atoms. The number of benzene rings is 1. The summed E-state index contributed by atoms with van der Waals surface area (Å²) >= 11 is 0. The van der Waals surface area contributed by atoms with Crippen molar-refractivity contribution in [1.82, 2.24) is 9.80 Å². The van der Waals surface area contributed by atoms with Gasteiger partial charge in [0.2, 0.25) is 0 Å². The summed E-state index contributed by atoms with van der Waals surface area (Å²) in [4.78, 5) is 27.6. The lowest BCUT2D eigenvalue weighted by molar-refractivity contribution is -0.384. The number of non-ortho nitro benzene ring substituents is 1. The summed E-state index contributed by atoms with van der Waals surface area (Å²) in [5, 5.41) is 13.6. The Morgan fingerprint density at radius 3 is 2.29 bits per heavy atom. The van der Waals surface area contributed by atoms with Gasteiger partial charge in [0.15, 0.2) is 0 Å². The number of nitro benzene ring substituents is 1. The van der Waals surface area contributed by atoms with Gasteiger partial charge in [0.05, 0.1) is 37.0 Å². The molecule has 2 aliphatic rings. The van der Waals surface area contributed by atoms with E-state index in [9.17, 15) is 14.9 Å². The molecule has 152 valence electrons. The van der Waals surface area contributed by atoms with Crippen LogP contribution in [0.5, 0.6) is 0 Å². The van der Waals surface area contributed by atoms with E-state index in [0.717, 1.165) is 39.3 Å². The summed E-state index contributed by atoms with van der Waals surface area (Å²) in [6.07, 6.45) is 2.74. The van der Waals surface area contributed by atoms with Gasteiger partial charge in [-0.05, 0) is 18.6 Å². The molecule has 2 saturated heterocycles. The van der Waals surface area contributed by atoms with Crippen LogP contribution < -0.4 is 5.32 Å². The molecule has 0 radical (unpaired) electrons. The zero-order valence-electron chi connectivity index (χ0n) is 15.8. The van der Waals surface area contributed by atoms with E-state index >= 15 is 0 Å². The molecule has 2 aliphatic heterocycles. The van der Waals surface area contributed by atoms with Gasteiger partial charge < -0.3 is 19.7 Å². The predicted molar refractivity (Wildman–Crippen MR) is 104 cm³/mol. The van der Waals surface area contributed by atoms with E-state index in [4.69, 9.17) is 9.47 Å². The molecule has 1 aromatic carbocycles. The quantitative estimate of drug-likeness (QED) is 0.428. The van der Waals surface area contributed by atoms with Crippen LogP contribution in [0.15, 0.2) is 36.0 Å². The molecule has 0 aliphatic carbocycles. The molecule has 2 fully saturated rings. The molecular formula is C19H26N4O5. The van der Waals surface area contributed by atoms with Crippen molar-refractivity contribution in [3.05, 3.63) is 46.2 Å². The first-order valence-corrected chi connectivity index (χ1v) is 9.52. The summed E-state index contributed by atoms with van der Waals surface area (Å²) in [5.41, 5.74) is 1.14. The van der Waals surface area contributed by atoms with Crippen LogP contribution in [-0.2, 0) is 14.3 Å². The van der Waals surface area contributed by atoms with E-state index in [1.165, 1.54) is 12.1 Å². The summed E-state index contributed by atoms with van der Waals surface area (Å²) in [5.74, 6) is -0.210. The highest BCUT2D eigenvalue weighted by Gasteiger charge is 2.20. The Morgan fingerprint density at radius 2 is 1.68 bits per heavy atom. The minimum Gasteiger partial charge on any atom is -0.379 e. The van der Waals surface area contributed by atoms with E-state index < -0.39 is 4.92 Å². The molecule has 9 heteroatoms. The van der Waals surface area contributed by atoms with Crippen molar-refractivity contribution in [2.75, 3.05) is 64.5 Å². The Kier molecular flexibility index (Phi) is 7.35. The average Bonchev–Trinajstić information content (AvgIpc) is 2.73. The number of hydrogen-bond acceptors (Lipinski definition) is 7. The Balaban J connectivity index is 1.65. The van der Waals surface area contributed by atoms with Gasteiger partial charge in [-0.2, -0.15) is 0 Å². The fourth-order valence-corrected chi connectivity index (χ4v) is 3.24. The lowest BCUT2D eigenvalue weighted by Crippen LogP contribution is -2.40. The molecule has 0 spiro atoms. The van der Waals surface area contributed by atoms with Crippen LogP contribution in [-0.4, -0.2) is 79.8 Å². The number of nitrogens with one attached hydrogen (secondary N) is 1. The van der Waals surface area contributed by atoms with Crippen LogP contribution in [0.4, 0.5) is 11.4 Å². The zero-order chi connectivity index (χ0) is 19.8. The molecule has 1 aromatic rings. The van der Waals surface area contributed by atoms with Gasteiger partial charge in [0, 0.05) is 50.5 Å². The monoisotopic (exact) mass is 390 g/mol. The number of carbonyl (C=O) groups is 1. The normalized spacial score (nSPS) is 18.7. The highest BCUT2D eigenvalue weighted by atomic mass is 16.6. The number of nitrogens with zero attached hydrogens (tertiary/aromatic N) is 3. The number of anilines is 1. The van der Waals surface area contributed by atoms with E-state index in [1.54, 1.807) is 12.1 Å². The zero-order valence-corrected chi connectivity index (χ0v) is 15.8. The molecule has 28 heavy (non-hydrogen) atoms. The molecule has 0 aromatic heterocycles. The van der Waals surface area contributed by atoms with Gasteiger partial charge in [-0.15, -0.1) is 0 Å². The van der Waals surface area contributed by atoms with Crippen LogP contribution in [0.2, 0.25) is 0 Å². The van der Waals surface area contributed by atoms with Crippen LogP contribution in [0, 0.1) is 10.1 Å². The maximum atomic E-state index is 12.9. The van der Waals surface area contributed by atoms with Crippen molar-refractivity contribution in [3.8, 4) is 0 Å². The molecule has 3 rings (SSSR count). The number of carbonyl (C=O) groups excluding carboxylic acids is 1. The molecule has 0 atom stereocenters. The van der Waals surface area contributed by atoms with Crippen LogP contribution in [0.25, 0.3) is 0 Å². The second kappa shape index (κ2) is 10.2. The van der Waals surface area contributed by atoms with Crippen LogP contribution >= 0.6 is 0 Å². The third kappa shape index (κ3) is 5.75. The summed E-state index contributed by atoms with van der Waals surface area (Å²) in [6, 6.07) is 5.85. The van der Waals surface area contributed by atoms with Crippen molar-refractivity contribution < 1.29 is 19.2 Å². The van der Waals surface area contributed by atoms with E-state index in [-0.39, 0.29) is 11.6 Å². The molecule has 9 nitrogen and oxygen atoms in total. The fraction of sp³-hybridized carbons (Fsp3) is 0.526. The Morgan fingerprint density at radius 1 is 1.07 bits per heavy atom. The van der Waals surface area contributed by atoms with Gasteiger partial charge in [-0.1, -0.05) is 6.08 Å². The minimum atomic E-state index is -0.462. The number of ether oxygens (including phenoxy) is 2. The van der Waals surface area contributed by atoms with Crippen molar-refractivity contribution in [2.45, 2.75) is 6.42 Å². The smallest absolute Gasteiger partial charge is 0.271 e. The Bertz CT molecular complexity index is 695. The average molecular weight is 390 g/mol. The largest absolute Gasteiger partial charge is 0.379 e. The molecular weight excluding hydrogens is 364 g/mol.